The molecular weight excluding hydrogens is 495 g/mol. The van der Waals surface area contributed by atoms with Crippen LogP contribution in [0, 0.1) is 0 Å². The number of carbonyl (C=O) groups is 1. The van der Waals surface area contributed by atoms with Crippen molar-refractivity contribution in [3.05, 3.63) is 98.8 Å². The van der Waals surface area contributed by atoms with E-state index in [9.17, 15) is 9.59 Å². The fraction of sp³-hybridized carbons (Fsp3) is 0.0833. The SMILES string of the molecule is COc1ccc(-c2nnc(S[C@H](C(=O)Nc3cc(Cl)cc(Cl)c3)c3ccccc3)[nH]c2=O)cc1. The van der Waals surface area contributed by atoms with E-state index in [2.05, 4.69) is 20.5 Å². The molecule has 0 unspecified atom stereocenters. The van der Waals surface area contributed by atoms with Gasteiger partial charge in [0.05, 0.1) is 7.11 Å². The number of nitrogens with one attached hydrogen (secondary N) is 2. The molecule has 1 amide bonds. The van der Waals surface area contributed by atoms with Crippen LogP contribution in [0.2, 0.25) is 10.0 Å². The van der Waals surface area contributed by atoms with Crippen molar-refractivity contribution in [2.75, 3.05) is 12.4 Å². The van der Waals surface area contributed by atoms with Gasteiger partial charge >= 0.3 is 0 Å². The zero-order valence-corrected chi connectivity index (χ0v) is 20.1. The molecule has 0 fully saturated rings. The summed E-state index contributed by atoms with van der Waals surface area (Å²) in [5.41, 5.74) is 1.53. The minimum Gasteiger partial charge on any atom is -0.497 e. The van der Waals surface area contributed by atoms with E-state index >= 15 is 0 Å². The lowest BCUT2D eigenvalue weighted by molar-refractivity contribution is -0.115. The largest absolute Gasteiger partial charge is 0.497 e. The molecule has 0 radical (unpaired) electrons. The fourth-order valence-corrected chi connectivity index (χ4v) is 4.61. The normalized spacial score (nSPS) is 11.6. The maximum absolute atomic E-state index is 13.2. The van der Waals surface area contributed by atoms with Crippen molar-refractivity contribution in [3.63, 3.8) is 0 Å². The van der Waals surface area contributed by atoms with Crippen LogP contribution in [0.1, 0.15) is 10.8 Å². The lowest BCUT2D eigenvalue weighted by atomic mass is 10.1. The smallest absolute Gasteiger partial charge is 0.278 e. The van der Waals surface area contributed by atoms with Gasteiger partial charge in [0.2, 0.25) is 5.91 Å². The van der Waals surface area contributed by atoms with Crippen molar-refractivity contribution in [2.45, 2.75) is 10.4 Å². The number of aromatic amines is 1. The summed E-state index contributed by atoms with van der Waals surface area (Å²) in [6.45, 7) is 0. The monoisotopic (exact) mass is 512 g/mol. The molecule has 4 rings (SSSR count). The number of methoxy groups -OCH3 is 1. The highest BCUT2D eigenvalue weighted by Crippen LogP contribution is 2.34. The number of halogens is 2. The van der Waals surface area contributed by atoms with Gasteiger partial charge < -0.3 is 10.1 Å². The number of nitrogens with zero attached hydrogens (tertiary/aromatic N) is 2. The Morgan fingerprint density at radius 2 is 1.68 bits per heavy atom. The van der Waals surface area contributed by atoms with Crippen LogP contribution >= 0.6 is 35.0 Å². The van der Waals surface area contributed by atoms with Gasteiger partial charge in [-0.2, -0.15) is 0 Å². The van der Waals surface area contributed by atoms with Crippen molar-refractivity contribution in [3.8, 4) is 17.0 Å². The van der Waals surface area contributed by atoms with E-state index in [1.165, 1.54) is 0 Å². The Kier molecular flexibility index (Phi) is 7.52. The summed E-state index contributed by atoms with van der Waals surface area (Å²) in [6, 6.07) is 20.8. The summed E-state index contributed by atoms with van der Waals surface area (Å²) in [5.74, 6) is 0.328. The Hall–Kier alpha value is -3.33. The topological polar surface area (TPSA) is 97.0 Å². The van der Waals surface area contributed by atoms with Gasteiger partial charge in [-0.15, -0.1) is 10.2 Å². The molecule has 3 aromatic carbocycles. The third-order valence-corrected chi connectivity index (χ3v) is 6.31. The Labute approximate surface area is 209 Å². The number of anilines is 1. The summed E-state index contributed by atoms with van der Waals surface area (Å²) in [5, 5.41) is 11.3. The van der Waals surface area contributed by atoms with E-state index < -0.39 is 10.8 Å². The predicted octanol–water partition coefficient (Wildman–Crippen LogP) is 5.62. The van der Waals surface area contributed by atoms with Crippen molar-refractivity contribution in [1.82, 2.24) is 15.2 Å². The number of H-pyrrole nitrogens is 1. The number of rotatable bonds is 7. The highest BCUT2D eigenvalue weighted by Gasteiger charge is 2.24. The predicted molar refractivity (Wildman–Crippen MR) is 135 cm³/mol. The molecule has 1 heterocycles. The second-order valence-corrected chi connectivity index (χ2v) is 9.06. The van der Waals surface area contributed by atoms with E-state index in [1.807, 2.05) is 30.3 Å². The number of hydrogen-bond acceptors (Lipinski definition) is 6. The molecule has 7 nitrogen and oxygen atoms in total. The molecule has 0 bridgehead atoms. The minimum atomic E-state index is -0.726. The highest BCUT2D eigenvalue weighted by molar-refractivity contribution is 8.00. The van der Waals surface area contributed by atoms with E-state index in [0.717, 1.165) is 17.3 Å². The first-order valence-corrected chi connectivity index (χ1v) is 11.7. The van der Waals surface area contributed by atoms with E-state index in [1.54, 1.807) is 49.6 Å². The maximum Gasteiger partial charge on any atom is 0.278 e. The van der Waals surface area contributed by atoms with Crippen LogP contribution in [0.5, 0.6) is 5.75 Å². The molecule has 172 valence electrons. The standard InChI is InChI=1S/C24H18Cl2N4O3S/c1-33-19-9-7-14(8-10-19)20-22(31)28-24(30-29-20)34-21(15-5-3-2-4-6-15)23(32)27-18-12-16(25)11-17(26)13-18/h2-13,21H,1H3,(H,27,32)(H,28,30,31)/t21-/m0/s1. The molecule has 1 atom stereocenters. The molecule has 34 heavy (non-hydrogen) atoms. The van der Waals surface area contributed by atoms with Crippen molar-refractivity contribution < 1.29 is 9.53 Å². The van der Waals surface area contributed by atoms with Crippen LogP contribution < -0.4 is 15.6 Å². The first-order chi connectivity index (χ1) is 16.4. The number of benzene rings is 3. The zero-order chi connectivity index (χ0) is 24.1. The minimum absolute atomic E-state index is 0.168. The van der Waals surface area contributed by atoms with Crippen LogP contribution in [-0.4, -0.2) is 28.2 Å². The maximum atomic E-state index is 13.2. The molecule has 0 aliphatic heterocycles. The average molecular weight is 513 g/mol. The van der Waals surface area contributed by atoms with Gasteiger partial charge in [-0.1, -0.05) is 65.3 Å². The summed E-state index contributed by atoms with van der Waals surface area (Å²) in [4.78, 5) is 28.6. The fourth-order valence-electron chi connectivity index (χ4n) is 3.16. The van der Waals surface area contributed by atoms with Crippen molar-refractivity contribution in [1.29, 1.82) is 0 Å². The van der Waals surface area contributed by atoms with Gasteiger partial charge in [-0.05, 0) is 48.0 Å². The van der Waals surface area contributed by atoms with E-state index in [4.69, 9.17) is 27.9 Å². The Bertz CT molecular complexity index is 1340. The molecule has 0 aliphatic rings. The lowest BCUT2D eigenvalue weighted by Gasteiger charge is -2.16. The molecule has 0 spiro atoms. The summed E-state index contributed by atoms with van der Waals surface area (Å²) in [6.07, 6.45) is 0. The van der Waals surface area contributed by atoms with Gasteiger partial charge in [0.1, 0.15) is 11.0 Å². The quantitative estimate of drug-likeness (QED) is 0.312. The number of ether oxygens (including phenoxy) is 1. The Balaban J connectivity index is 1.60. The molecule has 0 saturated heterocycles. The highest BCUT2D eigenvalue weighted by atomic mass is 35.5. The molecular formula is C24H18Cl2N4O3S. The van der Waals surface area contributed by atoms with Gasteiger partial charge in [0, 0.05) is 21.3 Å². The zero-order valence-electron chi connectivity index (χ0n) is 17.8. The van der Waals surface area contributed by atoms with Crippen LogP contribution in [0.25, 0.3) is 11.3 Å². The third-order valence-electron chi connectivity index (χ3n) is 4.74. The van der Waals surface area contributed by atoms with E-state index in [0.29, 0.717) is 27.0 Å². The Morgan fingerprint density at radius 3 is 2.29 bits per heavy atom. The number of hydrogen-bond donors (Lipinski definition) is 2. The second-order valence-electron chi connectivity index (χ2n) is 7.09. The number of aromatic nitrogens is 3. The van der Waals surface area contributed by atoms with Gasteiger partial charge in [-0.3, -0.25) is 14.6 Å². The summed E-state index contributed by atoms with van der Waals surface area (Å²) in [7, 11) is 1.56. The summed E-state index contributed by atoms with van der Waals surface area (Å²) < 4.78 is 5.14. The number of amides is 1. The molecule has 1 aromatic heterocycles. The second kappa shape index (κ2) is 10.7. The van der Waals surface area contributed by atoms with Crippen LogP contribution in [-0.2, 0) is 4.79 Å². The van der Waals surface area contributed by atoms with Crippen molar-refractivity contribution in [2.24, 2.45) is 0 Å². The number of thioether (sulfide) groups is 1. The van der Waals surface area contributed by atoms with Gasteiger partial charge in [0.25, 0.3) is 5.56 Å². The molecule has 0 saturated carbocycles. The van der Waals surface area contributed by atoms with E-state index in [-0.39, 0.29) is 16.8 Å². The van der Waals surface area contributed by atoms with Gasteiger partial charge in [0.15, 0.2) is 10.9 Å². The molecule has 4 aromatic rings. The van der Waals surface area contributed by atoms with Crippen LogP contribution in [0.4, 0.5) is 5.69 Å². The van der Waals surface area contributed by atoms with Gasteiger partial charge in [-0.25, -0.2) is 0 Å². The molecule has 10 heteroatoms. The van der Waals surface area contributed by atoms with Crippen LogP contribution in [0.15, 0.2) is 82.7 Å². The van der Waals surface area contributed by atoms with Crippen LogP contribution in [0.3, 0.4) is 0 Å². The lowest BCUT2D eigenvalue weighted by Crippen LogP contribution is -2.20. The third kappa shape index (κ3) is 5.77. The first-order valence-electron chi connectivity index (χ1n) is 10.0. The Morgan fingerprint density at radius 1 is 1.00 bits per heavy atom. The average Bonchev–Trinajstić information content (AvgIpc) is 2.82. The molecule has 0 aliphatic carbocycles. The summed E-state index contributed by atoms with van der Waals surface area (Å²) >= 11 is 13.2. The first kappa shape index (κ1) is 23.8. The van der Waals surface area contributed by atoms with Crippen molar-refractivity contribution >= 4 is 46.6 Å². The molecule has 2 N–H and O–H groups in total. The number of carbonyl (C=O) groups excluding carboxylic acids is 1.